The molecule has 0 amide bonds. The summed E-state index contributed by atoms with van der Waals surface area (Å²) >= 11 is 0. The molecule has 0 saturated carbocycles. The Labute approximate surface area is 96.5 Å². The van der Waals surface area contributed by atoms with Crippen LogP contribution >= 0.6 is 0 Å². The predicted molar refractivity (Wildman–Crippen MR) is 55.9 cm³/mol. The first-order valence-corrected chi connectivity index (χ1v) is 4.67. The van der Waals surface area contributed by atoms with Crippen molar-refractivity contribution in [3.05, 3.63) is 17.5 Å². The van der Waals surface area contributed by atoms with E-state index in [0.29, 0.717) is 0 Å². The highest BCUT2D eigenvalue weighted by molar-refractivity contribution is 5.72. The van der Waals surface area contributed by atoms with Gasteiger partial charge in [0.1, 0.15) is 17.1 Å². The Kier molecular flexibility index (Phi) is 4.19. The van der Waals surface area contributed by atoms with E-state index in [1.165, 1.54) is 20.3 Å². The van der Waals surface area contributed by atoms with Crippen molar-refractivity contribution >= 4 is 11.7 Å². The summed E-state index contributed by atoms with van der Waals surface area (Å²) in [6, 6.07) is 1.33. The third kappa shape index (κ3) is 3.02. The number of esters is 1. The average molecular weight is 246 g/mol. The summed E-state index contributed by atoms with van der Waals surface area (Å²) < 4.78 is 34.5. The lowest BCUT2D eigenvalue weighted by atomic mass is 10.2. The summed E-state index contributed by atoms with van der Waals surface area (Å²) in [5, 5.41) is 0. The van der Waals surface area contributed by atoms with Gasteiger partial charge in [-0.05, 0) is 0 Å². The fourth-order valence-electron chi connectivity index (χ4n) is 1.25. The van der Waals surface area contributed by atoms with Crippen LogP contribution in [-0.4, -0.2) is 25.2 Å². The number of nitrogens with zero attached hydrogens (tertiary/aromatic N) is 1. The molecular formula is C10H12F2N2O3. The van der Waals surface area contributed by atoms with E-state index in [1.807, 2.05) is 0 Å². The van der Waals surface area contributed by atoms with Crippen molar-refractivity contribution in [1.82, 2.24) is 4.98 Å². The first-order valence-electron chi connectivity index (χ1n) is 4.67. The van der Waals surface area contributed by atoms with Gasteiger partial charge < -0.3 is 15.2 Å². The number of methoxy groups -OCH3 is 2. The zero-order valence-corrected chi connectivity index (χ0v) is 9.37. The topological polar surface area (TPSA) is 74.4 Å². The molecule has 5 nitrogen and oxygen atoms in total. The quantitative estimate of drug-likeness (QED) is 0.811. The molecule has 0 radical (unpaired) electrons. The Hall–Kier alpha value is -1.92. The summed E-state index contributed by atoms with van der Waals surface area (Å²) in [7, 11) is 2.49. The highest BCUT2D eigenvalue weighted by Gasteiger charge is 2.19. The van der Waals surface area contributed by atoms with E-state index in [4.69, 9.17) is 10.5 Å². The molecule has 0 fully saturated rings. The van der Waals surface area contributed by atoms with Gasteiger partial charge in [-0.3, -0.25) is 4.79 Å². The van der Waals surface area contributed by atoms with Gasteiger partial charge in [0.05, 0.1) is 26.3 Å². The molecular weight excluding hydrogens is 234 g/mol. The number of carbonyl (C=O) groups excluding carboxylic acids is 1. The molecule has 0 aliphatic rings. The Balaban J connectivity index is 3.15. The van der Waals surface area contributed by atoms with E-state index in [9.17, 15) is 13.6 Å². The number of rotatable bonds is 4. The Morgan fingerprint density at radius 1 is 1.53 bits per heavy atom. The minimum atomic E-state index is -2.83. The van der Waals surface area contributed by atoms with Gasteiger partial charge in [-0.15, -0.1) is 0 Å². The molecule has 1 aromatic heterocycles. The lowest BCUT2D eigenvalue weighted by molar-refractivity contribution is -0.139. The zero-order chi connectivity index (χ0) is 13.0. The summed E-state index contributed by atoms with van der Waals surface area (Å²) in [5.41, 5.74) is 4.75. The van der Waals surface area contributed by atoms with Crippen molar-refractivity contribution < 1.29 is 23.0 Å². The fraction of sp³-hybridized carbons (Fsp3) is 0.400. The first-order chi connectivity index (χ1) is 7.99. The maximum Gasteiger partial charge on any atom is 0.311 e. The number of hydrogen-bond acceptors (Lipinski definition) is 5. The summed E-state index contributed by atoms with van der Waals surface area (Å²) in [4.78, 5) is 14.6. The van der Waals surface area contributed by atoms with Gasteiger partial charge in [0.2, 0.25) is 0 Å². The number of carbonyl (C=O) groups is 1. The summed E-state index contributed by atoms with van der Waals surface area (Å²) in [6.45, 7) is 0. The van der Waals surface area contributed by atoms with Gasteiger partial charge in [-0.2, -0.15) is 0 Å². The van der Waals surface area contributed by atoms with Crippen molar-refractivity contribution in [2.45, 2.75) is 12.8 Å². The van der Waals surface area contributed by atoms with Crippen LogP contribution in [0.2, 0.25) is 0 Å². The van der Waals surface area contributed by atoms with Crippen molar-refractivity contribution in [2.24, 2.45) is 0 Å². The number of halogens is 2. The normalized spacial score (nSPS) is 10.4. The molecule has 0 atom stereocenters. The molecule has 1 rings (SSSR count). The Bertz CT molecular complexity index is 424. The lowest BCUT2D eigenvalue weighted by Gasteiger charge is -2.11. The van der Waals surface area contributed by atoms with Crippen LogP contribution in [0, 0.1) is 0 Å². The second-order valence-corrected chi connectivity index (χ2v) is 3.17. The smallest absolute Gasteiger partial charge is 0.311 e. The molecule has 0 bridgehead atoms. The van der Waals surface area contributed by atoms with Crippen LogP contribution in [-0.2, 0) is 16.0 Å². The highest BCUT2D eigenvalue weighted by atomic mass is 19.3. The molecule has 0 aromatic carbocycles. The minimum Gasteiger partial charge on any atom is -0.494 e. The summed E-state index contributed by atoms with van der Waals surface area (Å²) in [6.07, 6.45) is -3.05. The number of pyridine rings is 1. The maximum absolute atomic E-state index is 12.6. The van der Waals surface area contributed by atoms with Crippen LogP contribution in [0.1, 0.15) is 17.8 Å². The van der Waals surface area contributed by atoms with Crippen LogP contribution in [0.5, 0.6) is 5.75 Å². The van der Waals surface area contributed by atoms with E-state index < -0.39 is 18.1 Å². The van der Waals surface area contributed by atoms with Crippen molar-refractivity contribution in [2.75, 3.05) is 20.0 Å². The fourth-order valence-corrected chi connectivity index (χ4v) is 1.25. The van der Waals surface area contributed by atoms with Crippen LogP contribution in [0.3, 0.4) is 0 Å². The molecule has 0 saturated heterocycles. The van der Waals surface area contributed by atoms with Gasteiger partial charge in [-0.25, -0.2) is 13.8 Å². The largest absolute Gasteiger partial charge is 0.494 e. The predicted octanol–water partition coefficient (Wildman–Crippen LogP) is 1.33. The number of alkyl halides is 2. The summed E-state index contributed by atoms with van der Waals surface area (Å²) in [5.74, 6) is -0.515. The number of ether oxygens (including phenoxy) is 2. The average Bonchev–Trinajstić information content (AvgIpc) is 2.30. The van der Waals surface area contributed by atoms with Gasteiger partial charge in [0, 0.05) is 6.07 Å². The molecule has 2 N–H and O–H groups in total. The Morgan fingerprint density at radius 2 is 2.18 bits per heavy atom. The number of aromatic nitrogens is 1. The molecule has 7 heteroatoms. The third-order valence-corrected chi connectivity index (χ3v) is 2.08. The molecule has 0 unspecified atom stereocenters. The van der Waals surface area contributed by atoms with Gasteiger partial charge >= 0.3 is 5.97 Å². The maximum atomic E-state index is 12.6. The van der Waals surface area contributed by atoms with Crippen LogP contribution in [0.4, 0.5) is 14.5 Å². The molecule has 94 valence electrons. The lowest BCUT2D eigenvalue weighted by Crippen LogP contribution is -2.10. The second kappa shape index (κ2) is 5.42. The van der Waals surface area contributed by atoms with Gasteiger partial charge in [0.15, 0.2) is 0 Å². The number of hydrogen-bond donors (Lipinski definition) is 1. The van der Waals surface area contributed by atoms with Crippen LogP contribution in [0.15, 0.2) is 6.07 Å². The zero-order valence-electron chi connectivity index (χ0n) is 9.37. The molecule has 0 aliphatic carbocycles. The number of nitrogen functional groups attached to an aromatic ring is 1. The molecule has 0 spiro atoms. The molecule has 1 aromatic rings. The molecule has 17 heavy (non-hydrogen) atoms. The number of anilines is 1. The van der Waals surface area contributed by atoms with Gasteiger partial charge in [0.25, 0.3) is 6.43 Å². The SMILES string of the molecule is COC(=O)Cc1cc(OC)c(N)c(C(F)F)n1. The molecule has 0 aliphatic heterocycles. The van der Waals surface area contributed by atoms with Crippen molar-refractivity contribution in [1.29, 1.82) is 0 Å². The van der Waals surface area contributed by atoms with E-state index >= 15 is 0 Å². The van der Waals surface area contributed by atoms with E-state index in [2.05, 4.69) is 9.72 Å². The van der Waals surface area contributed by atoms with E-state index in [1.54, 1.807) is 0 Å². The van der Waals surface area contributed by atoms with E-state index in [-0.39, 0.29) is 23.6 Å². The number of nitrogens with two attached hydrogens (primary N) is 1. The second-order valence-electron chi connectivity index (χ2n) is 3.17. The Morgan fingerprint density at radius 3 is 2.65 bits per heavy atom. The van der Waals surface area contributed by atoms with Gasteiger partial charge in [-0.1, -0.05) is 0 Å². The first kappa shape index (κ1) is 13.1. The van der Waals surface area contributed by atoms with Crippen LogP contribution < -0.4 is 10.5 Å². The van der Waals surface area contributed by atoms with E-state index in [0.717, 1.165) is 0 Å². The monoisotopic (exact) mass is 246 g/mol. The van der Waals surface area contributed by atoms with Crippen LogP contribution in [0.25, 0.3) is 0 Å². The highest BCUT2D eigenvalue weighted by Crippen LogP contribution is 2.31. The van der Waals surface area contributed by atoms with Crippen molar-refractivity contribution in [3.63, 3.8) is 0 Å². The third-order valence-electron chi connectivity index (χ3n) is 2.08. The molecule has 1 heterocycles. The standard InChI is InChI=1S/C10H12F2N2O3/c1-16-6-3-5(4-7(15)17-2)14-9(8(6)13)10(11)12/h3,10H,4,13H2,1-2H3. The minimum absolute atomic E-state index is 0.0641. The van der Waals surface area contributed by atoms with Crippen molar-refractivity contribution in [3.8, 4) is 5.75 Å².